The van der Waals surface area contributed by atoms with Crippen LogP contribution in [-0.2, 0) is 19.9 Å². The predicted octanol–water partition coefficient (Wildman–Crippen LogP) is -0.260. The first-order chi connectivity index (χ1) is 8.87. The van der Waals surface area contributed by atoms with E-state index in [0.717, 1.165) is 19.3 Å². The Morgan fingerprint density at radius 1 is 1.11 bits per heavy atom. The number of hydrogen-bond donors (Lipinski definition) is 1. The molecule has 8 heteroatoms. The molecule has 0 aromatic heterocycles. The molecule has 0 bridgehead atoms. The van der Waals surface area contributed by atoms with E-state index in [1.165, 1.54) is 4.31 Å². The van der Waals surface area contributed by atoms with Gasteiger partial charge in [-0.3, -0.25) is 0 Å². The van der Waals surface area contributed by atoms with E-state index in [1.54, 1.807) is 0 Å². The Balaban J connectivity index is 2.11. The summed E-state index contributed by atoms with van der Waals surface area (Å²) in [5.41, 5.74) is 0. The summed E-state index contributed by atoms with van der Waals surface area (Å²) in [6.45, 7) is -0.0724. The van der Waals surface area contributed by atoms with Gasteiger partial charge in [0.05, 0.1) is 23.4 Å². The van der Waals surface area contributed by atoms with Crippen molar-refractivity contribution in [2.75, 3.05) is 24.7 Å². The van der Waals surface area contributed by atoms with Crippen LogP contribution in [0.25, 0.3) is 0 Å². The van der Waals surface area contributed by atoms with Crippen molar-refractivity contribution in [1.29, 1.82) is 0 Å². The Bertz CT molecular complexity index is 495. The van der Waals surface area contributed by atoms with Crippen molar-refractivity contribution in [1.82, 2.24) is 4.31 Å². The average Bonchev–Trinajstić information content (AvgIpc) is 2.25. The maximum Gasteiger partial charge on any atom is 0.217 e. The zero-order chi connectivity index (χ0) is 14.1. The van der Waals surface area contributed by atoms with Gasteiger partial charge in [-0.25, -0.2) is 16.8 Å². The molecule has 1 heterocycles. The lowest BCUT2D eigenvalue weighted by Crippen LogP contribution is -2.50. The van der Waals surface area contributed by atoms with Gasteiger partial charge in [0.2, 0.25) is 10.0 Å². The number of rotatable bonds is 5. The fraction of sp³-hybridized carbons (Fsp3) is 1.00. The second-order valence-electron chi connectivity index (χ2n) is 5.32. The van der Waals surface area contributed by atoms with Crippen LogP contribution in [-0.4, -0.2) is 62.2 Å². The Morgan fingerprint density at radius 2 is 1.68 bits per heavy atom. The van der Waals surface area contributed by atoms with E-state index in [1.807, 2.05) is 0 Å². The van der Waals surface area contributed by atoms with Gasteiger partial charge in [0.25, 0.3) is 0 Å². The van der Waals surface area contributed by atoms with Crippen molar-refractivity contribution in [3.8, 4) is 0 Å². The summed E-state index contributed by atoms with van der Waals surface area (Å²) in [6, 6.07) is -0.00400. The Kier molecular flexibility index (Phi) is 4.54. The van der Waals surface area contributed by atoms with Crippen LogP contribution in [0.4, 0.5) is 0 Å². The fourth-order valence-electron chi connectivity index (χ4n) is 2.65. The third kappa shape index (κ3) is 3.29. The molecule has 1 saturated carbocycles. The summed E-state index contributed by atoms with van der Waals surface area (Å²) in [7, 11) is -6.55. The predicted molar refractivity (Wildman–Crippen MR) is 72.0 cm³/mol. The molecule has 1 aliphatic heterocycles. The highest BCUT2D eigenvalue weighted by molar-refractivity contribution is 7.92. The summed E-state index contributed by atoms with van der Waals surface area (Å²) < 4.78 is 49.2. The Labute approximate surface area is 114 Å². The molecule has 0 amide bonds. The first-order valence-corrected chi connectivity index (χ1v) is 10.0. The Morgan fingerprint density at radius 3 is 2.11 bits per heavy atom. The van der Waals surface area contributed by atoms with E-state index < -0.39 is 25.1 Å². The van der Waals surface area contributed by atoms with E-state index >= 15 is 0 Å². The molecule has 19 heavy (non-hydrogen) atoms. The number of sulfonamides is 1. The fourth-order valence-corrected chi connectivity index (χ4v) is 6.62. The minimum absolute atomic E-state index is 0.00400. The molecule has 0 aromatic rings. The standard InChI is InChI=1S/C11H21NO5S2/c13-7-6-12(10-2-1-3-10)19(16,17)11-4-8-18(14,15)9-5-11/h10-11,13H,1-9H2. The zero-order valence-corrected chi connectivity index (χ0v) is 12.5. The molecular formula is C11H21NO5S2. The molecular weight excluding hydrogens is 290 g/mol. The maximum absolute atomic E-state index is 12.5. The van der Waals surface area contributed by atoms with Gasteiger partial charge in [-0.1, -0.05) is 6.42 Å². The second-order valence-corrected chi connectivity index (χ2v) is 9.78. The van der Waals surface area contributed by atoms with Gasteiger partial charge in [0, 0.05) is 12.6 Å². The zero-order valence-electron chi connectivity index (χ0n) is 10.9. The lowest BCUT2D eigenvalue weighted by atomic mass is 9.93. The highest BCUT2D eigenvalue weighted by atomic mass is 32.2. The molecule has 0 unspecified atom stereocenters. The lowest BCUT2D eigenvalue weighted by Gasteiger charge is -2.39. The quantitative estimate of drug-likeness (QED) is 0.755. The lowest BCUT2D eigenvalue weighted by molar-refractivity contribution is 0.176. The van der Waals surface area contributed by atoms with Crippen LogP contribution in [0.1, 0.15) is 32.1 Å². The van der Waals surface area contributed by atoms with Crippen LogP contribution in [0, 0.1) is 0 Å². The van der Waals surface area contributed by atoms with Crippen molar-refractivity contribution < 1.29 is 21.9 Å². The molecule has 2 rings (SSSR count). The molecule has 0 radical (unpaired) electrons. The minimum atomic E-state index is -3.49. The smallest absolute Gasteiger partial charge is 0.217 e. The summed E-state index contributed by atoms with van der Waals surface area (Å²) in [5.74, 6) is -0.0942. The van der Waals surface area contributed by atoms with E-state index in [0.29, 0.717) is 0 Å². The van der Waals surface area contributed by atoms with Gasteiger partial charge in [-0.05, 0) is 25.7 Å². The monoisotopic (exact) mass is 311 g/mol. The largest absolute Gasteiger partial charge is 0.395 e. The summed E-state index contributed by atoms with van der Waals surface area (Å²) in [5, 5.41) is 8.44. The molecule has 1 N–H and O–H groups in total. The van der Waals surface area contributed by atoms with Crippen LogP contribution in [0.5, 0.6) is 0 Å². The first-order valence-electron chi connectivity index (χ1n) is 6.69. The van der Waals surface area contributed by atoms with Crippen LogP contribution in [0.3, 0.4) is 0 Å². The summed E-state index contributed by atoms with van der Waals surface area (Å²) >= 11 is 0. The van der Waals surface area contributed by atoms with E-state index in [2.05, 4.69) is 0 Å². The number of aliphatic hydroxyl groups excluding tert-OH is 1. The Hall–Kier alpha value is -0.180. The maximum atomic E-state index is 12.5. The van der Waals surface area contributed by atoms with Crippen molar-refractivity contribution in [3.05, 3.63) is 0 Å². The van der Waals surface area contributed by atoms with Gasteiger partial charge in [0.15, 0.2) is 0 Å². The van der Waals surface area contributed by atoms with Crippen LogP contribution in [0.15, 0.2) is 0 Å². The van der Waals surface area contributed by atoms with Crippen molar-refractivity contribution in [2.24, 2.45) is 0 Å². The number of hydrogen-bond acceptors (Lipinski definition) is 5. The first kappa shape index (κ1) is 15.2. The van der Waals surface area contributed by atoms with Crippen molar-refractivity contribution >= 4 is 19.9 Å². The normalized spacial score (nSPS) is 25.4. The van der Waals surface area contributed by atoms with E-state index in [-0.39, 0.29) is 43.5 Å². The average molecular weight is 311 g/mol. The molecule has 2 fully saturated rings. The molecule has 0 spiro atoms. The van der Waals surface area contributed by atoms with Gasteiger partial charge in [0.1, 0.15) is 9.84 Å². The van der Waals surface area contributed by atoms with Gasteiger partial charge in [-0.15, -0.1) is 0 Å². The SMILES string of the molecule is O=S1(=O)CCC(S(=O)(=O)N(CCO)C2CCC2)CC1. The molecule has 1 saturated heterocycles. The third-order valence-corrected chi connectivity index (χ3v) is 8.22. The van der Waals surface area contributed by atoms with Gasteiger partial charge >= 0.3 is 0 Å². The minimum Gasteiger partial charge on any atom is -0.395 e. The highest BCUT2D eigenvalue weighted by Crippen LogP contribution is 2.31. The van der Waals surface area contributed by atoms with Gasteiger partial charge in [-0.2, -0.15) is 4.31 Å². The molecule has 0 atom stereocenters. The molecule has 2 aliphatic rings. The van der Waals surface area contributed by atoms with E-state index in [9.17, 15) is 16.8 Å². The molecule has 112 valence electrons. The van der Waals surface area contributed by atoms with Gasteiger partial charge < -0.3 is 5.11 Å². The van der Waals surface area contributed by atoms with Crippen molar-refractivity contribution in [3.63, 3.8) is 0 Å². The molecule has 1 aliphatic carbocycles. The summed E-state index contributed by atoms with van der Waals surface area (Å²) in [6.07, 6.45) is 3.05. The van der Waals surface area contributed by atoms with Crippen LogP contribution >= 0.6 is 0 Å². The molecule has 6 nitrogen and oxygen atoms in total. The third-order valence-electron chi connectivity index (χ3n) is 4.05. The molecule has 0 aromatic carbocycles. The second kappa shape index (κ2) is 5.67. The van der Waals surface area contributed by atoms with Crippen LogP contribution in [0.2, 0.25) is 0 Å². The van der Waals surface area contributed by atoms with E-state index in [4.69, 9.17) is 5.11 Å². The number of sulfone groups is 1. The van der Waals surface area contributed by atoms with Crippen LogP contribution < -0.4 is 0 Å². The number of aliphatic hydroxyl groups is 1. The number of nitrogens with zero attached hydrogens (tertiary/aromatic N) is 1. The highest BCUT2D eigenvalue weighted by Gasteiger charge is 2.40. The van der Waals surface area contributed by atoms with Crippen molar-refractivity contribution in [2.45, 2.75) is 43.4 Å². The topological polar surface area (TPSA) is 91.8 Å². The summed E-state index contributed by atoms with van der Waals surface area (Å²) in [4.78, 5) is 0.